The van der Waals surface area contributed by atoms with Crippen LogP contribution in [-0.2, 0) is 9.59 Å². The Bertz CT molecular complexity index is 359. The summed E-state index contributed by atoms with van der Waals surface area (Å²) in [6.45, 7) is 4.27. The number of ketones is 2. The number of hydrogen-bond acceptors (Lipinski definition) is 6. The van der Waals surface area contributed by atoms with Gasteiger partial charge in [-0.15, -0.1) is 0 Å². The maximum Gasteiger partial charge on any atom is 0.211 e. The van der Waals surface area contributed by atoms with Crippen molar-refractivity contribution in [1.82, 2.24) is 9.80 Å². The fourth-order valence-electron chi connectivity index (χ4n) is 1.84. The highest BCUT2D eigenvalue weighted by Gasteiger charge is 2.26. The van der Waals surface area contributed by atoms with Gasteiger partial charge in [-0.1, -0.05) is 10.3 Å². The van der Waals surface area contributed by atoms with Gasteiger partial charge in [0.25, 0.3) is 0 Å². The maximum absolute atomic E-state index is 11.2. The van der Waals surface area contributed by atoms with E-state index >= 15 is 0 Å². The Morgan fingerprint density at radius 1 is 0.833 bits per heavy atom. The third kappa shape index (κ3) is 2.96. The molecule has 1 aliphatic rings. The molecular weight excluding hydrogens is 240 g/mol. The van der Waals surface area contributed by atoms with Crippen molar-refractivity contribution < 1.29 is 20.0 Å². The number of piperazine rings is 1. The molecule has 0 saturated carbocycles. The van der Waals surface area contributed by atoms with E-state index in [0.29, 0.717) is 26.2 Å². The summed E-state index contributed by atoms with van der Waals surface area (Å²) >= 11 is 0. The minimum atomic E-state index is -0.325. The summed E-state index contributed by atoms with van der Waals surface area (Å²) in [7, 11) is 0. The van der Waals surface area contributed by atoms with Gasteiger partial charge in [0.15, 0.2) is 11.6 Å². The van der Waals surface area contributed by atoms with Crippen LogP contribution < -0.4 is 0 Å². The zero-order chi connectivity index (χ0) is 13.7. The molecule has 1 aliphatic heterocycles. The molecule has 0 spiro atoms. The summed E-state index contributed by atoms with van der Waals surface area (Å²) in [5, 5.41) is 23.4. The van der Waals surface area contributed by atoms with Crippen molar-refractivity contribution >= 4 is 23.2 Å². The molecule has 0 atom stereocenters. The Morgan fingerprint density at radius 3 is 1.28 bits per heavy atom. The van der Waals surface area contributed by atoms with Crippen molar-refractivity contribution in [1.29, 1.82) is 0 Å². The Labute approximate surface area is 104 Å². The molecule has 2 N–H and O–H groups in total. The largest absolute Gasteiger partial charge is 0.409 e. The summed E-state index contributed by atoms with van der Waals surface area (Å²) in [5.41, 5.74) is 0. The molecule has 1 fully saturated rings. The first-order valence-corrected chi connectivity index (χ1v) is 5.47. The summed E-state index contributed by atoms with van der Waals surface area (Å²) in [6, 6.07) is 0. The lowest BCUT2D eigenvalue weighted by Gasteiger charge is -2.35. The third-order valence-corrected chi connectivity index (χ3v) is 2.70. The monoisotopic (exact) mass is 256 g/mol. The molecule has 1 saturated heterocycles. The lowest BCUT2D eigenvalue weighted by atomic mass is 10.2. The predicted octanol–water partition coefficient (Wildman–Crippen LogP) is -0.643. The summed E-state index contributed by atoms with van der Waals surface area (Å²) in [6.07, 6.45) is 0. The number of Topliss-reactive ketones (excluding diaryl/α,β-unsaturated/α-hetero) is 2. The summed E-state index contributed by atoms with van der Waals surface area (Å²) in [5.74, 6) is -0.651. The van der Waals surface area contributed by atoms with E-state index in [0.717, 1.165) is 0 Å². The second kappa shape index (κ2) is 5.99. The molecule has 100 valence electrons. The minimum absolute atomic E-state index is 0.0000350. The quantitative estimate of drug-likeness (QED) is 0.294. The predicted molar refractivity (Wildman–Crippen MR) is 63.0 cm³/mol. The standard InChI is InChI=1S/C10H16N4O4/c1-7(15)9(11-17)13-3-5-14(6-4-13)10(12-18)8(2)16/h17-18H,3-6H2,1-2H3. The number of carbonyl (C=O) groups excluding carboxylic acids is 2. The molecule has 0 aromatic rings. The van der Waals surface area contributed by atoms with Crippen LogP contribution in [0.25, 0.3) is 0 Å². The van der Waals surface area contributed by atoms with Gasteiger partial charge in [0.1, 0.15) is 0 Å². The van der Waals surface area contributed by atoms with Gasteiger partial charge in [0.05, 0.1) is 0 Å². The maximum atomic E-state index is 11.2. The fraction of sp³-hybridized carbons (Fsp3) is 0.600. The van der Waals surface area contributed by atoms with E-state index in [1.165, 1.54) is 13.8 Å². The normalized spacial score (nSPS) is 17.9. The van der Waals surface area contributed by atoms with Gasteiger partial charge in [-0.2, -0.15) is 0 Å². The molecule has 0 unspecified atom stereocenters. The Balaban J connectivity index is 2.67. The lowest BCUT2D eigenvalue weighted by Crippen LogP contribution is -2.53. The molecule has 8 heteroatoms. The highest BCUT2D eigenvalue weighted by molar-refractivity contribution is 6.38. The molecule has 0 bridgehead atoms. The van der Waals surface area contributed by atoms with Crippen molar-refractivity contribution in [2.45, 2.75) is 13.8 Å². The van der Waals surface area contributed by atoms with Crippen molar-refractivity contribution in [2.24, 2.45) is 10.3 Å². The third-order valence-electron chi connectivity index (χ3n) is 2.70. The average molecular weight is 256 g/mol. The van der Waals surface area contributed by atoms with Gasteiger partial charge in [0, 0.05) is 40.0 Å². The lowest BCUT2D eigenvalue weighted by molar-refractivity contribution is -0.113. The number of oxime groups is 2. The van der Waals surface area contributed by atoms with Crippen LogP contribution >= 0.6 is 0 Å². The van der Waals surface area contributed by atoms with E-state index in [9.17, 15) is 9.59 Å². The smallest absolute Gasteiger partial charge is 0.211 e. The van der Waals surface area contributed by atoms with Crippen LogP contribution in [0, 0.1) is 0 Å². The van der Waals surface area contributed by atoms with Gasteiger partial charge in [-0.3, -0.25) is 9.59 Å². The molecular formula is C10H16N4O4. The first-order valence-electron chi connectivity index (χ1n) is 5.47. The van der Waals surface area contributed by atoms with Crippen molar-refractivity contribution in [3.63, 3.8) is 0 Å². The summed E-state index contributed by atoms with van der Waals surface area (Å²) < 4.78 is 0. The molecule has 1 heterocycles. The fourth-order valence-corrected chi connectivity index (χ4v) is 1.84. The first kappa shape index (κ1) is 13.9. The van der Waals surface area contributed by atoms with Crippen LogP contribution in [0.1, 0.15) is 13.8 Å². The Kier molecular flexibility index (Phi) is 4.64. The molecule has 0 amide bonds. The molecule has 18 heavy (non-hydrogen) atoms. The van der Waals surface area contributed by atoms with E-state index in [-0.39, 0.29) is 23.2 Å². The molecule has 1 rings (SSSR count). The van der Waals surface area contributed by atoms with Crippen LogP contribution in [0.4, 0.5) is 0 Å². The first-order chi connectivity index (χ1) is 8.51. The number of amidine groups is 2. The van der Waals surface area contributed by atoms with Gasteiger partial charge in [-0.25, -0.2) is 0 Å². The zero-order valence-corrected chi connectivity index (χ0v) is 10.3. The molecule has 0 aliphatic carbocycles. The molecule has 0 radical (unpaired) electrons. The molecule has 8 nitrogen and oxygen atoms in total. The summed E-state index contributed by atoms with van der Waals surface area (Å²) in [4.78, 5) is 25.6. The van der Waals surface area contributed by atoms with Gasteiger partial charge < -0.3 is 20.2 Å². The van der Waals surface area contributed by atoms with Gasteiger partial charge >= 0.3 is 0 Å². The van der Waals surface area contributed by atoms with Crippen LogP contribution in [0.5, 0.6) is 0 Å². The minimum Gasteiger partial charge on any atom is -0.409 e. The zero-order valence-electron chi connectivity index (χ0n) is 10.3. The van der Waals surface area contributed by atoms with Crippen molar-refractivity contribution in [3.8, 4) is 0 Å². The van der Waals surface area contributed by atoms with Crippen molar-refractivity contribution in [2.75, 3.05) is 26.2 Å². The number of hydrogen-bond donors (Lipinski definition) is 2. The highest BCUT2D eigenvalue weighted by atomic mass is 16.4. The number of nitrogens with zero attached hydrogens (tertiary/aromatic N) is 4. The number of rotatable bonds is 2. The van der Waals surface area contributed by atoms with E-state index in [4.69, 9.17) is 10.4 Å². The highest BCUT2D eigenvalue weighted by Crippen LogP contribution is 2.05. The van der Waals surface area contributed by atoms with E-state index in [2.05, 4.69) is 10.3 Å². The van der Waals surface area contributed by atoms with Gasteiger partial charge in [0.2, 0.25) is 11.7 Å². The molecule has 0 aromatic heterocycles. The van der Waals surface area contributed by atoms with E-state index in [1.807, 2.05) is 0 Å². The Hall–Kier alpha value is -2.12. The Morgan fingerprint density at radius 2 is 1.11 bits per heavy atom. The van der Waals surface area contributed by atoms with Crippen LogP contribution in [0.15, 0.2) is 10.3 Å². The van der Waals surface area contributed by atoms with Gasteiger partial charge in [-0.05, 0) is 0 Å². The SMILES string of the molecule is CC(=O)C(=NO)N1CCN(C(=NO)C(C)=O)CC1. The van der Waals surface area contributed by atoms with E-state index < -0.39 is 0 Å². The average Bonchev–Trinajstić information content (AvgIpc) is 2.32. The second-order valence-electron chi connectivity index (χ2n) is 3.93. The van der Waals surface area contributed by atoms with Crippen LogP contribution in [0.2, 0.25) is 0 Å². The second-order valence-corrected chi connectivity index (χ2v) is 3.93. The van der Waals surface area contributed by atoms with Crippen LogP contribution in [-0.4, -0.2) is 69.6 Å². The molecule has 0 aromatic carbocycles. The van der Waals surface area contributed by atoms with E-state index in [1.54, 1.807) is 9.80 Å². The number of carbonyl (C=O) groups is 2. The van der Waals surface area contributed by atoms with Crippen molar-refractivity contribution in [3.05, 3.63) is 0 Å². The van der Waals surface area contributed by atoms with Crippen LogP contribution in [0.3, 0.4) is 0 Å². The topological polar surface area (TPSA) is 106 Å².